The van der Waals surface area contributed by atoms with Gasteiger partial charge in [0, 0.05) is 26.4 Å². The topological polar surface area (TPSA) is 69.8 Å². The van der Waals surface area contributed by atoms with Crippen LogP contribution >= 0.6 is 46.8 Å². The zero-order valence-electron chi connectivity index (χ0n) is 17.2. The van der Waals surface area contributed by atoms with Gasteiger partial charge in [0.25, 0.3) is 5.91 Å². The first-order valence-corrected chi connectivity index (χ1v) is 11.9. The predicted molar refractivity (Wildman–Crippen MR) is 142 cm³/mol. The van der Waals surface area contributed by atoms with Crippen LogP contribution in [0.1, 0.15) is 15.2 Å². The van der Waals surface area contributed by atoms with Gasteiger partial charge in [-0.15, -0.1) is 11.3 Å². The van der Waals surface area contributed by atoms with Crippen LogP contribution in [0, 0.1) is 6.92 Å². The molecule has 0 aliphatic rings. The first-order chi connectivity index (χ1) is 15.9. The Morgan fingerprint density at radius 3 is 2.61 bits per heavy atom. The van der Waals surface area contributed by atoms with E-state index in [4.69, 9.17) is 35.4 Å². The number of aromatic amines is 1. The van der Waals surface area contributed by atoms with Gasteiger partial charge >= 0.3 is 0 Å². The molecule has 0 fully saturated rings. The highest BCUT2D eigenvalue weighted by Gasteiger charge is 2.18. The van der Waals surface area contributed by atoms with Crippen LogP contribution in [0.3, 0.4) is 0 Å². The number of thiophene rings is 1. The van der Waals surface area contributed by atoms with E-state index in [0.29, 0.717) is 14.9 Å². The molecular formula is C24H16Cl2N4OS2. The summed E-state index contributed by atoms with van der Waals surface area (Å²) < 4.78 is 0.949. The third kappa shape index (κ3) is 4.32. The molecule has 0 atom stereocenters. The second-order valence-electron chi connectivity index (χ2n) is 7.43. The molecule has 5 nitrogen and oxygen atoms in total. The van der Waals surface area contributed by atoms with Crippen LogP contribution in [0.15, 0.2) is 60.7 Å². The number of aryl methyl sites for hydroxylation is 1. The van der Waals surface area contributed by atoms with Crippen molar-refractivity contribution in [3.05, 3.63) is 81.1 Å². The van der Waals surface area contributed by atoms with Gasteiger partial charge in [0.1, 0.15) is 10.7 Å². The Bertz CT molecular complexity index is 1500. The molecule has 0 spiro atoms. The van der Waals surface area contributed by atoms with Crippen molar-refractivity contribution < 1.29 is 4.79 Å². The van der Waals surface area contributed by atoms with Gasteiger partial charge < -0.3 is 10.3 Å². The average molecular weight is 511 g/mol. The van der Waals surface area contributed by atoms with Gasteiger partial charge in [0.15, 0.2) is 5.11 Å². The van der Waals surface area contributed by atoms with Gasteiger partial charge in [-0.1, -0.05) is 41.4 Å². The summed E-state index contributed by atoms with van der Waals surface area (Å²) in [6, 6.07) is 19.0. The molecule has 9 heteroatoms. The predicted octanol–water partition coefficient (Wildman–Crippen LogP) is 7.19. The van der Waals surface area contributed by atoms with Crippen molar-refractivity contribution in [1.29, 1.82) is 0 Å². The molecule has 0 unspecified atom stereocenters. The minimum absolute atomic E-state index is 0.190. The number of halogens is 2. The van der Waals surface area contributed by atoms with Crippen LogP contribution in [-0.2, 0) is 0 Å². The number of H-pyrrole nitrogens is 1. The Labute approximate surface area is 208 Å². The maximum Gasteiger partial charge on any atom is 0.269 e. The van der Waals surface area contributed by atoms with E-state index in [1.54, 1.807) is 0 Å². The smallest absolute Gasteiger partial charge is 0.269 e. The second-order valence-corrected chi connectivity index (χ2v) is 9.68. The number of benzene rings is 3. The summed E-state index contributed by atoms with van der Waals surface area (Å²) in [6.07, 6.45) is 0. The van der Waals surface area contributed by atoms with Crippen LogP contribution < -0.4 is 10.6 Å². The molecule has 2 heterocycles. The number of hydrogen-bond acceptors (Lipinski definition) is 4. The molecule has 0 bridgehead atoms. The number of anilines is 1. The fraction of sp³-hybridized carbons (Fsp3) is 0.0417. The van der Waals surface area contributed by atoms with E-state index < -0.39 is 0 Å². The molecule has 2 aromatic heterocycles. The van der Waals surface area contributed by atoms with Crippen molar-refractivity contribution in [1.82, 2.24) is 15.3 Å². The highest BCUT2D eigenvalue weighted by Crippen LogP contribution is 2.35. The lowest BCUT2D eigenvalue weighted by molar-refractivity contribution is 0.0982. The first kappa shape index (κ1) is 21.9. The normalized spacial score (nSPS) is 11.1. The van der Waals surface area contributed by atoms with Gasteiger partial charge in [-0.05, 0) is 67.2 Å². The van der Waals surface area contributed by atoms with E-state index in [9.17, 15) is 4.79 Å². The minimum atomic E-state index is -0.341. The van der Waals surface area contributed by atoms with Gasteiger partial charge in [0.2, 0.25) is 0 Å². The molecule has 0 saturated heterocycles. The summed E-state index contributed by atoms with van der Waals surface area (Å²) >= 11 is 19.2. The Balaban J connectivity index is 1.28. The number of hydrogen-bond donors (Lipinski definition) is 3. The summed E-state index contributed by atoms with van der Waals surface area (Å²) in [6.45, 7) is 1.96. The van der Waals surface area contributed by atoms with Gasteiger partial charge in [0.05, 0.1) is 16.1 Å². The minimum Gasteiger partial charge on any atom is -0.338 e. The average Bonchev–Trinajstić information content (AvgIpc) is 3.35. The van der Waals surface area contributed by atoms with E-state index in [1.807, 2.05) is 67.6 Å². The number of thiocarbonyl (C=S) groups is 1. The number of aromatic nitrogens is 2. The van der Waals surface area contributed by atoms with E-state index in [1.165, 1.54) is 11.3 Å². The fourth-order valence-corrected chi connectivity index (χ4v) is 5.25. The number of imidazole rings is 1. The molecule has 5 rings (SSSR count). The zero-order chi connectivity index (χ0) is 23.1. The second kappa shape index (κ2) is 8.76. The molecule has 0 radical (unpaired) electrons. The van der Waals surface area contributed by atoms with Gasteiger partial charge in [-0.2, -0.15) is 0 Å². The molecule has 3 aromatic carbocycles. The SMILES string of the molecule is Cc1cc2[nH]c(-c3ccc(NC(=S)NC(=O)c4sc5ccccc5c4Cl)cc3)nc2cc1Cl. The van der Waals surface area contributed by atoms with E-state index in [0.717, 1.165) is 43.8 Å². The third-order valence-corrected chi connectivity index (χ3v) is 7.43. The molecule has 5 aromatic rings. The number of nitrogens with zero attached hydrogens (tertiary/aromatic N) is 1. The number of amides is 1. The monoisotopic (exact) mass is 510 g/mol. The molecule has 0 saturated carbocycles. The fourth-order valence-electron chi connectivity index (χ4n) is 3.47. The van der Waals surface area contributed by atoms with Crippen molar-refractivity contribution in [3.63, 3.8) is 0 Å². The molecule has 33 heavy (non-hydrogen) atoms. The van der Waals surface area contributed by atoms with Crippen LogP contribution in [0.2, 0.25) is 10.0 Å². The molecule has 0 aliphatic carbocycles. The van der Waals surface area contributed by atoms with Crippen molar-refractivity contribution in [2.75, 3.05) is 5.32 Å². The van der Waals surface area contributed by atoms with Crippen LogP contribution in [0.4, 0.5) is 5.69 Å². The summed E-state index contributed by atoms with van der Waals surface area (Å²) in [7, 11) is 0. The lowest BCUT2D eigenvalue weighted by Gasteiger charge is -2.09. The Kier molecular flexibility index (Phi) is 5.80. The van der Waals surface area contributed by atoms with E-state index >= 15 is 0 Å². The number of rotatable bonds is 3. The Morgan fingerprint density at radius 2 is 1.85 bits per heavy atom. The van der Waals surface area contributed by atoms with Crippen LogP contribution in [0.25, 0.3) is 32.5 Å². The highest BCUT2D eigenvalue weighted by molar-refractivity contribution is 7.80. The quantitative estimate of drug-likeness (QED) is 0.224. The lowest BCUT2D eigenvalue weighted by Crippen LogP contribution is -2.33. The molecular weight excluding hydrogens is 495 g/mol. The van der Waals surface area contributed by atoms with Gasteiger partial charge in [-0.25, -0.2) is 4.98 Å². The standard InChI is InChI=1S/C24H16Cl2N4OS2/c1-12-10-17-18(11-16(12)25)29-22(28-17)13-6-8-14(9-7-13)27-24(32)30-23(31)21-20(26)15-4-2-3-5-19(15)33-21/h2-11H,1H3,(H,28,29)(H2,27,30,31,32). The number of carbonyl (C=O) groups excluding carboxylic acids is 1. The number of nitrogens with one attached hydrogen (secondary N) is 3. The summed E-state index contributed by atoms with van der Waals surface area (Å²) in [5.41, 5.74) is 4.38. The van der Waals surface area contributed by atoms with Crippen molar-refractivity contribution in [3.8, 4) is 11.4 Å². The van der Waals surface area contributed by atoms with Crippen molar-refractivity contribution in [2.24, 2.45) is 0 Å². The van der Waals surface area contributed by atoms with Crippen molar-refractivity contribution in [2.45, 2.75) is 6.92 Å². The number of carbonyl (C=O) groups is 1. The van der Waals surface area contributed by atoms with Crippen LogP contribution in [-0.4, -0.2) is 21.0 Å². The summed E-state index contributed by atoms with van der Waals surface area (Å²) in [4.78, 5) is 21.0. The highest BCUT2D eigenvalue weighted by atomic mass is 35.5. The largest absolute Gasteiger partial charge is 0.338 e. The van der Waals surface area contributed by atoms with E-state index in [2.05, 4.69) is 20.6 Å². The Morgan fingerprint density at radius 1 is 1.09 bits per heavy atom. The van der Waals surface area contributed by atoms with Crippen LogP contribution in [0.5, 0.6) is 0 Å². The molecule has 164 valence electrons. The van der Waals surface area contributed by atoms with Crippen molar-refractivity contribution >= 4 is 84.6 Å². The van der Waals surface area contributed by atoms with E-state index in [-0.39, 0.29) is 11.0 Å². The molecule has 0 aliphatic heterocycles. The first-order valence-electron chi connectivity index (χ1n) is 9.95. The maximum absolute atomic E-state index is 12.7. The zero-order valence-corrected chi connectivity index (χ0v) is 20.3. The maximum atomic E-state index is 12.7. The molecule has 1 amide bonds. The molecule has 3 N–H and O–H groups in total. The van der Waals surface area contributed by atoms with Gasteiger partial charge in [-0.3, -0.25) is 10.1 Å². The number of fused-ring (bicyclic) bond motifs is 2. The Hall–Kier alpha value is -2.97. The third-order valence-electron chi connectivity index (χ3n) is 5.15. The lowest BCUT2D eigenvalue weighted by atomic mass is 10.2. The summed E-state index contributed by atoms with van der Waals surface area (Å²) in [5, 5.41) is 7.89. The summed E-state index contributed by atoms with van der Waals surface area (Å²) in [5.74, 6) is 0.403.